The summed E-state index contributed by atoms with van der Waals surface area (Å²) in [7, 11) is -9.68. The van der Waals surface area contributed by atoms with Gasteiger partial charge in [-0.15, -0.1) is 0 Å². The molecule has 0 aliphatic rings. The predicted molar refractivity (Wildman–Crippen MR) is 60.4 cm³/mol. The summed E-state index contributed by atoms with van der Waals surface area (Å²) in [5.74, 6) is 0. The van der Waals surface area contributed by atoms with E-state index in [1.807, 2.05) is 6.92 Å². The quantitative estimate of drug-likeness (QED) is 0.213. The topological polar surface area (TPSA) is 130 Å². The molecule has 0 saturated heterocycles. The zero-order valence-electron chi connectivity index (χ0n) is 13.4. The van der Waals surface area contributed by atoms with Crippen molar-refractivity contribution < 1.29 is 117 Å². The van der Waals surface area contributed by atoms with Crippen molar-refractivity contribution in [3.63, 3.8) is 0 Å². The van der Waals surface area contributed by atoms with E-state index in [0.29, 0.717) is 6.42 Å². The van der Waals surface area contributed by atoms with Crippen molar-refractivity contribution in [1.82, 2.24) is 4.90 Å². The molecule has 12 heteroatoms. The van der Waals surface area contributed by atoms with Gasteiger partial charge >= 0.3 is 88.7 Å². The summed E-state index contributed by atoms with van der Waals surface area (Å²) >= 11 is 0. The molecule has 0 fully saturated rings. The Kier molecular flexibility index (Phi) is 25.4. The number of hydrogen-bond acceptors (Lipinski definition) is 7. The molecular weight excluding hydrogens is 349 g/mol. The standard InChI is InChI=1S/C9H23NO6P2.3Na/c1-2-3-4-5-6-7-10(8-17(11,12)13)9-18(14,15)16;;;/h2-9H2,1H3,(H2,11,12,13)(H2,14,15,16);;;/q;3*+1/p-4. The van der Waals surface area contributed by atoms with Crippen LogP contribution < -0.4 is 108 Å². The van der Waals surface area contributed by atoms with Crippen molar-refractivity contribution >= 4 is 15.2 Å². The maximum Gasteiger partial charge on any atom is 1.00 e. The second-order valence-electron chi connectivity index (χ2n) is 4.31. The third-order valence-electron chi connectivity index (χ3n) is 2.32. The summed E-state index contributed by atoms with van der Waals surface area (Å²) in [6.07, 6.45) is 2.63. The Balaban J connectivity index is -0.000000482. The van der Waals surface area contributed by atoms with Crippen molar-refractivity contribution in [3.05, 3.63) is 0 Å². The molecule has 0 spiro atoms. The van der Waals surface area contributed by atoms with Crippen LogP contribution >= 0.6 is 15.2 Å². The summed E-state index contributed by atoms with van der Waals surface area (Å²) in [5.41, 5.74) is 0. The van der Waals surface area contributed by atoms with Crippen LogP contribution in [0.5, 0.6) is 0 Å². The molecule has 0 saturated carbocycles. The van der Waals surface area contributed by atoms with Crippen molar-refractivity contribution in [3.8, 4) is 0 Å². The minimum Gasteiger partial charge on any atom is -0.810 e. The minimum absolute atomic E-state index is 0. The van der Waals surface area contributed by atoms with Crippen LogP contribution in [-0.4, -0.2) is 24.0 Å². The Morgan fingerprint density at radius 2 is 1.14 bits per heavy atom. The molecular formula is C9H19NNa3O6P2-. The molecule has 0 aromatic heterocycles. The Hall–Kier alpha value is 3.26. The zero-order valence-corrected chi connectivity index (χ0v) is 21.2. The van der Waals surface area contributed by atoms with Crippen molar-refractivity contribution in [2.24, 2.45) is 0 Å². The third kappa shape index (κ3) is 25.6. The van der Waals surface area contributed by atoms with Gasteiger partial charge in [-0.05, 0) is 13.0 Å². The molecule has 0 heterocycles. The summed E-state index contributed by atoms with van der Waals surface area (Å²) < 4.78 is 21.2. The Labute approximate surface area is 193 Å². The van der Waals surface area contributed by atoms with Crippen molar-refractivity contribution in [2.75, 3.05) is 19.1 Å². The van der Waals surface area contributed by atoms with Gasteiger partial charge in [-0.2, -0.15) is 0 Å². The molecule has 0 aliphatic carbocycles. The summed E-state index contributed by atoms with van der Waals surface area (Å²) in [6.45, 7) is 2.18. The van der Waals surface area contributed by atoms with Gasteiger partial charge in [-0.3, -0.25) is 4.90 Å². The van der Waals surface area contributed by atoms with Gasteiger partial charge in [0.1, 0.15) is 0 Å². The molecule has 0 rings (SSSR count). The average Bonchev–Trinajstić information content (AvgIpc) is 2.12. The molecule has 110 valence electrons. The molecule has 0 radical (unpaired) electrons. The number of rotatable bonds is 10. The van der Waals surface area contributed by atoms with Crippen LogP contribution in [0.25, 0.3) is 0 Å². The van der Waals surface area contributed by atoms with Crippen molar-refractivity contribution in [2.45, 2.75) is 39.0 Å². The first-order valence-corrected chi connectivity index (χ1v) is 9.34. The first-order valence-electron chi connectivity index (χ1n) is 5.88. The number of nitrogens with zero attached hydrogens (tertiary/aromatic N) is 1. The average molecular weight is 368 g/mol. The van der Waals surface area contributed by atoms with Gasteiger partial charge in [0.15, 0.2) is 0 Å². The maximum atomic E-state index is 10.6. The van der Waals surface area contributed by atoms with Crippen LogP contribution in [0.4, 0.5) is 0 Å². The van der Waals surface area contributed by atoms with E-state index in [4.69, 9.17) is 0 Å². The van der Waals surface area contributed by atoms with Crippen LogP contribution in [-0.2, 0) is 9.13 Å². The van der Waals surface area contributed by atoms with E-state index in [1.54, 1.807) is 0 Å². The molecule has 0 aromatic carbocycles. The fraction of sp³-hybridized carbons (Fsp3) is 1.00. The zero-order chi connectivity index (χ0) is 14.2. The predicted octanol–water partition coefficient (Wildman–Crippen LogP) is -9.99. The van der Waals surface area contributed by atoms with Crippen molar-refractivity contribution in [1.29, 1.82) is 0 Å². The molecule has 0 N–H and O–H groups in total. The van der Waals surface area contributed by atoms with Crippen LogP contribution in [0.1, 0.15) is 39.0 Å². The first kappa shape index (κ1) is 32.0. The fourth-order valence-corrected chi connectivity index (χ4v) is 3.24. The maximum absolute atomic E-state index is 10.6. The fourth-order valence-electron chi connectivity index (χ4n) is 1.62. The molecule has 0 atom stereocenters. The van der Waals surface area contributed by atoms with Crippen LogP contribution in [0.15, 0.2) is 0 Å². The Morgan fingerprint density at radius 3 is 1.48 bits per heavy atom. The second kappa shape index (κ2) is 16.7. The van der Waals surface area contributed by atoms with E-state index in [-0.39, 0.29) is 95.2 Å². The summed E-state index contributed by atoms with van der Waals surface area (Å²) in [6, 6.07) is 0. The molecule has 0 aromatic rings. The van der Waals surface area contributed by atoms with Gasteiger partial charge in [0, 0.05) is 12.6 Å². The number of hydrogen-bond donors (Lipinski definition) is 0. The van der Waals surface area contributed by atoms with E-state index < -0.39 is 27.8 Å². The second-order valence-corrected chi connectivity index (χ2v) is 7.32. The monoisotopic (exact) mass is 368 g/mol. The molecule has 0 bridgehead atoms. The van der Waals surface area contributed by atoms with Crippen LogP contribution in [0, 0.1) is 0 Å². The largest absolute Gasteiger partial charge is 1.00 e. The summed E-state index contributed by atoms with van der Waals surface area (Å²) in [4.78, 5) is 43.3. The molecule has 7 nitrogen and oxygen atoms in total. The van der Waals surface area contributed by atoms with Crippen LogP contribution in [0.2, 0.25) is 0 Å². The van der Waals surface area contributed by atoms with E-state index in [0.717, 1.165) is 30.6 Å². The van der Waals surface area contributed by atoms with Gasteiger partial charge < -0.3 is 28.7 Å². The molecule has 0 aliphatic heterocycles. The third-order valence-corrected chi connectivity index (χ3v) is 3.82. The van der Waals surface area contributed by atoms with E-state index >= 15 is 0 Å². The van der Waals surface area contributed by atoms with Gasteiger partial charge in [0.25, 0.3) is 0 Å². The van der Waals surface area contributed by atoms with E-state index in [1.165, 1.54) is 0 Å². The molecule has 0 amide bonds. The normalized spacial score (nSPS) is 11.3. The van der Waals surface area contributed by atoms with Gasteiger partial charge in [-0.25, -0.2) is 0 Å². The van der Waals surface area contributed by atoms with E-state index in [2.05, 4.69) is 0 Å². The van der Waals surface area contributed by atoms with Gasteiger partial charge in [0.05, 0.1) is 0 Å². The SMILES string of the molecule is CCCCCCCN(CP(=O)([O-])[O-])CP(=O)([O-])[O-].[Na+].[Na+].[Na+]. The Bertz CT molecular complexity index is 301. The smallest absolute Gasteiger partial charge is 0.810 e. The summed E-state index contributed by atoms with van der Waals surface area (Å²) in [5, 5.41) is 0. The van der Waals surface area contributed by atoms with Crippen LogP contribution in [0.3, 0.4) is 0 Å². The van der Waals surface area contributed by atoms with E-state index in [9.17, 15) is 28.7 Å². The van der Waals surface area contributed by atoms with Gasteiger partial charge in [-0.1, -0.05) is 47.8 Å². The Morgan fingerprint density at radius 1 is 0.762 bits per heavy atom. The molecule has 21 heavy (non-hydrogen) atoms. The first-order chi connectivity index (χ1) is 8.14. The minimum atomic E-state index is -4.84. The van der Waals surface area contributed by atoms with Gasteiger partial charge in [0.2, 0.25) is 0 Å². The molecule has 0 unspecified atom stereocenters. The number of unbranched alkanes of at least 4 members (excludes halogenated alkanes) is 4.